The molecule has 5 nitrogen and oxygen atoms in total. The van der Waals surface area contributed by atoms with Crippen molar-refractivity contribution < 1.29 is 14.0 Å². The molecule has 0 atom stereocenters. The van der Waals surface area contributed by atoms with Crippen LogP contribution >= 0.6 is 0 Å². The van der Waals surface area contributed by atoms with Gasteiger partial charge in [-0.2, -0.15) is 0 Å². The number of aryl methyl sites for hydroxylation is 2. The SMILES string of the molecule is Cc1ccc(C(=O)N2CCC(C(=O)NCc3ccco3)CC2)cc1C. The third-order valence-corrected chi connectivity index (χ3v) is 4.92. The number of rotatable bonds is 4. The Kier molecular flexibility index (Phi) is 5.22. The monoisotopic (exact) mass is 340 g/mol. The number of hydrogen-bond acceptors (Lipinski definition) is 3. The van der Waals surface area contributed by atoms with Crippen molar-refractivity contribution in [1.82, 2.24) is 10.2 Å². The summed E-state index contributed by atoms with van der Waals surface area (Å²) in [6.45, 7) is 5.70. The molecule has 0 unspecified atom stereocenters. The van der Waals surface area contributed by atoms with Gasteiger partial charge in [0.15, 0.2) is 0 Å². The predicted molar refractivity (Wildman–Crippen MR) is 95.1 cm³/mol. The summed E-state index contributed by atoms with van der Waals surface area (Å²) in [5.41, 5.74) is 3.03. The Labute approximate surface area is 148 Å². The Bertz CT molecular complexity index is 744. The van der Waals surface area contributed by atoms with E-state index in [1.165, 1.54) is 5.56 Å². The quantitative estimate of drug-likeness (QED) is 0.930. The predicted octanol–water partition coefficient (Wildman–Crippen LogP) is 3.07. The highest BCUT2D eigenvalue weighted by atomic mass is 16.3. The van der Waals surface area contributed by atoms with Gasteiger partial charge < -0.3 is 14.6 Å². The summed E-state index contributed by atoms with van der Waals surface area (Å²) in [4.78, 5) is 26.7. The van der Waals surface area contributed by atoms with Gasteiger partial charge in [-0.05, 0) is 62.1 Å². The summed E-state index contributed by atoms with van der Waals surface area (Å²) in [5.74, 6) is 0.793. The maximum atomic E-state index is 12.6. The lowest BCUT2D eigenvalue weighted by Gasteiger charge is -2.31. The van der Waals surface area contributed by atoms with Crippen LogP contribution in [0.2, 0.25) is 0 Å². The van der Waals surface area contributed by atoms with E-state index in [-0.39, 0.29) is 17.7 Å². The molecule has 132 valence electrons. The molecule has 25 heavy (non-hydrogen) atoms. The molecule has 1 saturated heterocycles. The second kappa shape index (κ2) is 7.55. The van der Waals surface area contributed by atoms with Crippen LogP contribution in [0.5, 0.6) is 0 Å². The molecule has 5 heteroatoms. The van der Waals surface area contributed by atoms with Crippen molar-refractivity contribution in [2.75, 3.05) is 13.1 Å². The van der Waals surface area contributed by atoms with Crippen LogP contribution in [0.4, 0.5) is 0 Å². The number of likely N-dealkylation sites (tertiary alicyclic amines) is 1. The highest BCUT2D eigenvalue weighted by Gasteiger charge is 2.27. The van der Waals surface area contributed by atoms with Crippen molar-refractivity contribution in [3.8, 4) is 0 Å². The molecule has 0 spiro atoms. The van der Waals surface area contributed by atoms with E-state index >= 15 is 0 Å². The molecule has 1 aromatic heterocycles. The molecule has 1 aliphatic rings. The van der Waals surface area contributed by atoms with E-state index in [0.717, 1.165) is 16.9 Å². The molecule has 1 fully saturated rings. The van der Waals surface area contributed by atoms with Crippen molar-refractivity contribution in [2.24, 2.45) is 5.92 Å². The highest BCUT2D eigenvalue weighted by molar-refractivity contribution is 5.94. The van der Waals surface area contributed by atoms with Crippen LogP contribution in [-0.4, -0.2) is 29.8 Å². The first-order valence-electron chi connectivity index (χ1n) is 8.71. The second-order valence-electron chi connectivity index (χ2n) is 6.66. The highest BCUT2D eigenvalue weighted by Crippen LogP contribution is 2.20. The molecule has 2 aromatic rings. The molecular weight excluding hydrogens is 316 g/mol. The molecule has 1 aromatic carbocycles. The molecule has 1 N–H and O–H groups in total. The number of benzene rings is 1. The summed E-state index contributed by atoms with van der Waals surface area (Å²) >= 11 is 0. The fourth-order valence-electron chi connectivity index (χ4n) is 3.13. The topological polar surface area (TPSA) is 62.6 Å². The molecule has 1 aliphatic heterocycles. The minimum atomic E-state index is -0.0428. The van der Waals surface area contributed by atoms with E-state index in [2.05, 4.69) is 5.32 Å². The van der Waals surface area contributed by atoms with Crippen LogP contribution in [0.3, 0.4) is 0 Å². The zero-order valence-electron chi connectivity index (χ0n) is 14.7. The lowest BCUT2D eigenvalue weighted by atomic mass is 9.95. The lowest BCUT2D eigenvalue weighted by molar-refractivity contribution is -0.126. The van der Waals surface area contributed by atoms with Gasteiger partial charge in [0.2, 0.25) is 5.91 Å². The van der Waals surface area contributed by atoms with Gasteiger partial charge in [-0.1, -0.05) is 6.07 Å². The van der Waals surface area contributed by atoms with Crippen molar-refractivity contribution in [2.45, 2.75) is 33.2 Å². The number of piperidine rings is 1. The fraction of sp³-hybridized carbons (Fsp3) is 0.400. The van der Waals surface area contributed by atoms with Gasteiger partial charge in [0, 0.05) is 24.6 Å². The zero-order chi connectivity index (χ0) is 17.8. The van der Waals surface area contributed by atoms with Crippen molar-refractivity contribution in [3.05, 3.63) is 59.0 Å². The number of amides is 2. The van der Waals surface area contributed by atoms with E-state index in [1.807, 2.05) is 43.0 Å². The van der Waals surface area contributed by atoms with Crippen molar-refractivity contribution in [3.63, 3.8) is 0 Å². The minimum absolute atomic E-state index is 0.0367. The Morgan fingerprint density at radius 1 is 1.16 bits per heavy atom. The van der Waals surface area contributed by atoms with E-state index < -0.39 is 0 Å². The first-order valence-corrected chi connectivity index (χ1v) is 8.71. The van der Waals surface area contributed by atoms with Gasteiger partial charge in [-0.15, -0.1) is 0 Å². The van der Waals surface area contributed by atoms with Gasteiger partial charge in [0.1, 0.15) is 5.76 Å². The summed E-state index contributed by atoms with van der Waals surface area (Å²) in [6, 6.07) is 9.45. The number of furan rings is 1. The van der Waals surface area contributed by atoms with E-state index in [1.54, 1.807) is 12.3 Å². The van der Waals surface area contributed by atoms with E-state index in [0.29, 0.717) is 32.5 Å². The first kappa shape index (κ1) is 17.3. The first-order chi connectivity index (χ1) is 12.0. The summed E-state index contributed by atoms with van der Waals surface area (Å²) < 4.78 is 5.22. The maximum Gasteiger partial charge on any atom is 0.253 e. The van der Waals surface area contributed by atoms with Crippen molar-refractivity contribution >= 4 is 11.8 Å². The molecule has 3 rings (SSSR count). The summed E-state index contributed by atoms with van der Waals surface area (Å²) in [7, 11) is 0. The molecule has 2 amide bonds. The van der Waals surface area contributed by atoms with Crippen LogP contribution in [0.15, 0.2) is 41.0 Å². The normalized spacial score (nSPS) is 15.2. The van der Waals surface area contributed by atoms with E-state index in [9.17, 15) is 9.59 Å². The molecular formula is C20H24N2O3. The number of carbonyl (C=O) groups excluding carboxylic acids is 2. The Balaban J connectivity index is 1.51. The minimum Gasteiger partial charge on any atom is -0.467 e. The molecule has 0 bridgehead atoms. The third kappa shape index (κ3) is 4.10. The van der Waals surface area contributed by atoms with Gasteiger partial charge >= 0.3 is 0 Å². The van der Waals surface area contributed by atoms with Crippen LogP contribution in [-0.2, 0) is 11.3 Å². The maximum absolute atomic E-state index is 12.6. The Morgan fingerprint density at radius 3 is 2.56 bits per heavy atom. The van der Waals surface area contributed by atoms with Gasteiger partial charge in [0.05, 0.1) is 12.8 Å². The summed E-state index contributed by atoms with van der Waals surface area (Å²) in [5, 5.41) is 2.91. The average Bonchev–Trinajstić information content (AvgIpc) is 3.15. The largest absolute Gasteiger partial charge is 0.467 e. The van der Waals surface area contributed by atoms with E-state index in [4.69, 9.17) is 4.42 Å². The average molecular weight is 340 g/mol. The molecule has 0 radical (unpaired) electrons. The number of nitrogens with one attached hydrogen (secondary N) is 1. The lowest BCUT2D eigenvalue weighted by Crippen LogP contribution is -2.42. The second-order valence-corrected chi connectivity index (χ2v) is 6.66. The third-order valence-electron chi connectivity index (χ3n) is 4.92. The number of carbonyl (C=O) groups is 2. The Morgan fingerprint density at radius 2 is 1.92 bits per heavy atom. The van der Waals surface area contributed by atoms with Crippen LogP contribution in [0.1, 0.15) is 40.1 Å². The zero-order valence-corrected chi connectivity index (χ0v) is 14.7. The number of hydrogen-bond donors (Lipinski definition) is 1. The van der Waals surface area contributed by atoms with Crippen LogP contribution in [0.25, 0.3) is 0 Å². The fourth-order valence-corrected chi connectivity index (χ4v) is 3.13. The molecule has 0 saturated carbocycles. The van der Waals surface area contributed by atoms with Crippen LogP contribution < -0.4 is 5.32 Å². The smallest absolute Gasteiger partial charge is 0.253 e. The van der Waals surface area contributed by atoms with Gasteiger partial charge in [-0.25, -0.2) is 0 Å². The molecule has 2 heterocycles. The molecule has 0 aliphatic carbocycles. The van der Waals surface area contributed by atoms with Crippen LogP contribution in [0, 0.1) is 19.8 Å². The Hall–Kier alpha value is -2.56. The standard InChI is InChI=1S/C20H24N2O3/c1-14-5-6-17(12-15(14)2)20(24)22-9-7-16(8-10-22)19(23)21-13-18-4-3-11-25-18/h3-6,11-12,16H,7-10,13H2,1-2H3,(H,21,23). The van der Waals surface area contributed by atoms with Gasteiger partial charge in [-0.3, -0.25) is 9.59 Å². The van der Waals surface area contributed by atoms with Crippen molar-refractivity contribution in [1.29, 1.82) is 0 Å². The summed E-state index contributed by atoms with van der Waals surface area (Å²) in [6.07, 6.45) is 2.99. The number of nitrogens with zero attached hydrogens (tertiary/aromatic N) is 1. The van der Waals surface area contributed by atoms with Gasteiger partial charge in [0.25, 0.3) is 5.91 Å².